The zero-order chi connectivity index (χ0) is 23.2. The van der Waals surface area contributed by atoms with Gasteiger partial charge in [-0.05, 0) is 65.2 Å². The van der Waals surface area contributed by atoms with Crippen molar-refractivity contribution in [3.8, 4) is 0 Å². The number of hydrogen-bond donors (Lipinski definition) is 2. The first-order valence-corrected chi connectivity index (χ1v) is 10.1. The molecule has 30 heavy (non-hydrogen) atoms. The van der Waals surface area contributed by atoms with Crippen LogP contribution in [0.4, 0.5) is 0 Å². The SMILES string of the molecule is C=C(C)C(=O)OCCCCC(CCCCOC(=O)C(=C)C)(CCCC(=O)O)C(=O)O. The van der Waals surface area contributed by atoms with E-state index in [1.165, 1.54) is 0 Å². The van der Waals surface area contributed by atoms with Gasteiger partial charge in [0.2, 0.25) is 0 Å². The second kappa shape index (κ2) is 14.4. The molecular weight excluding hydrogens is 392 g/mol. The van der Waals surface area contributed by atoms with E-state index in [-0.39, 0.29) is 32.5 Å². The van der Waals surface area contributed by atoms with Crippen LogP contribution in [-0.2, 0) is 28.7 Å². The fraction of sp³-hybridized carbons (Fsp3) is 0.636. The number of aliphatic carboxylic acids is 2. The van der Waals surface area contributed by atoms with E-state index in [1.54, 1.807) is 13.8 Å². The first-order chi connectivity index (χ1) is 14.0. The molecule has 0 saturated carbocycles. The van der Waals surface area contributed by atoms with Gasteiger partial charge in [-0.25, -0.2) is 9.59 Å². The highest BCUT2D eigenvalue weighted by molar-refractivity contribution is 5.87. The molecule has 0 aliphatic heterocycles. The largest absolute Gasteiger partial charge is 0.481 e. The van der Waals surface area contributed by atoms with E-state index in [9.17, 15) is 24.3 Å². The molecule has 170 valence electrons. The third-order valence-corrected chi connectivity index (χ3v) is 4.76. The molecule has 2 N–H and O–H groups in total. The van der Waals surface area contributed by atoms with Crippen LogP contribution in [0.5, 0.6) is 0 Å². The molecule has 0 aliphatic carbocycles. The Morgan fingerprint density at radius 2 is 1.13 bits per heavy atom. The van der Waals surface area contributed by atoms with Gasteiger partial charge in [0.05, 0.1) is 18.6 Å². The van der Waals surface area contributed by atoms with Gasteiger partial charge in [-0.2, -0.15) is 0 Å². The smallest absolute Gasteiger partial charge is 0.333 e. The Bertz CT molecular complexity index is 599. The van der Waals surface area contributed by atoms with Crippen molar-refractivity contribution in [1.82, 2.24) is 0 Å². The molecule has 0 bridgehead atoms. The maximum atomic E-state index is 12.1. The number of esters is 2. The summed E-state index contributed by atoms with van der Waals surface area (Å²) in [5.74, 6) is -2.89. The summed E-state index contributed by atoms with van der Waals surface area (Å²) in [5.41, 5.74) is -0.460. The lowest BCUT2D eigenvalue weighted by Crippen LogP contribution is -2.31. The minimum absolute atomic E-state index is 0.0958. The molecule has 0 atom stereocenters. The number of carbonyl (C=O) groups excluding carboxylic acids is 2. The molecule has 0 spiro atoms. The second-order valence-corrected chi connectivity index (χ2v) is 7.58. The number of carboxylic acids is 2. The number of unbranched alkanes of at least 4 members (excludes halogenated alkanes) is 2. The third kappa shape index (κ3) is 11.4. The van der Waals surface area contributed by atoms with Crippen molar-refractivity contribution in [3.05, 3.63) is 24.3 Å². The molecular formula is C22H34O8. The summed E-state index contributed by atoms with van der Waals surface area (Å²) in [7, 11) is 0. The quantitative estimate of drug-likeness (QED) is 0.204. The van der Waals surface area contributed by atoms with Crippen LogP contribution in [-0.4, -0.2) is 47.3 Å². The first kappa shape index (κ1) is 27.4. The molecule has 0 radical (unpaired) electrons. The molecule has 0 heterocycles. The Hall–Kier alpha value is -2.64. The highest BCUT2D eigenvalue weighted by Gasteiger charge is 2.37. The zero-order valence-electron chi connectivity index (χ0n) is 18.0. The van der Waals surface area contributed by atoms with Crippen LogP contribution in [0.1, 0.15) is 71.6 Å². The van der Waals surface area contributed by atoms with Crippen LogP contribution in [0.25, 0.3) is 0 Å². The zero-order valence-corrected chi connectivity index (χ0v) is 18.0. The molecule has 8 nitrogen and oxygen atoms in total. The summed E-state index contributed by atoms with van der Waals surface area (Å²) in [6.45, 7) is 10.4. The summed E-state index contributed by atoms with van der Waals surface area (Å²) in [6, 6.07) is 0. The van der Waals surface area contributed by atoms with Crippen molar-refractivity contribution in [3.63, 3.8) is 0 Å². The van der Waals surface area contributed by atoms with Crippen LogP contribution in [0.2, 0.25) is 0 Å². The normalized spacial score (nSPS) is 10.9. The Balaban J connectivity index is 4.75. The maximum absolute atomic E-state index is 12.1. The van der Waals surface area contributed by atoms with E-state index in [2.05, 4.69) is 13.2 Å². The lowest BCUT2D eigenvalue weighted by molar-refractivity contribution is -0.152. The standard InChI is InChI=1S/C22H34O8/c1-16(2)19(25)29-14-7-5-11-22(21(27)28,13-9-10-18(23)24)12-6-8-15-30-20(26)17(3)4/h1,3,5-15H2,2,4H3,(H,23,24)(H,27,28). The van der Waals surface area contributed by atoms with Crippen LogP contribution >= 0.6 is 0 Å². The van der Waals surface area contributed by atoms with E-state index in [0.717, 1.165) is 0 Å². The van der Waals surface area contributed by atoms with E-state index in [0.29, 0.717) is 49.7 Å². The fourth-order valence-corrected chi connectivity index (χ4v) is 2.98. The topological polar surface area (TPSA) is 127 Å². The predicted molar refractivity (Wildman–Crippen MR) is 111 cm³/mol. The Labute approximate surface area is 177 Å². The van der Waals surface area contributed by atoms with E-state index in [4.69, 9.17) is 14.6 Å². The van der Waals surface area contributed by atoms with Crippen molar-refractivity contribution in [1.29, 1.82) is 0 Å². The van der Waals surface area contributed by atoms with Gasteiger partial charge < -0.3 is 19.7 Å². The van der Waals surface area contributed by atoms with Crippen molar-refractivity contribution in [2.75, 3.05) is 13.2 Å². The number of carboxylic acid groups (broad SMARTS) is 2. The summed E-state index contributed by atoms with van der Waals surface area (Å²) < 4.78 is 10.1. The molecule has 0 amide bonds. The molecule has 8 heteroatoms. The molecule has 0 rings (SSSR count). The molecule has 0 aromatic rings. The van der Waals surface area contributed by atoms with Gasteiger partial charge in [0.1, 0.15) is 0 Å². The molecule has 0 aromatic heterocycles. The van der Waals surface area contributed by atoms with Crippen molar-refractivity contribution in [2.24, 2.45) is 5.41 Å². The monoisotopic (exact) mass is 426 g/mol. The van der Waals surface area contributed by atoms with Crippen molar-refractivity contribution in [2.45, 2.75) is 71.6 Å². The third-order valence-electron chi connectivity index (χ3n) is 4.76. The Kier molecular flexibility index (Phi) is 13.1. The van der Waals surface area contributed by atoms with Gasteiger partial charge in [0, 0.05) is 17.6 Å². The van der Waals surface area contributed by atoms with Gasteiger partial charge in [0.25, 0.3) is 0 Å². The predicted octanol–water partition coefficient (Wildman–Crippen LogP) is 3.89. The molecule has 0 unspecified atom stereocenters. The fourth-order valence-electron chi connectivity index (χ4n) is 2.98. The number of ether oxygens (including phenoxy) is 2. The molecule has 0 saturated heterocycles. The number of hydrogen-bond acceptors (Lipinski definition) is 6. The Morgan fingerprint density at radius 3 is 1.47 bits per heavy atom. The lowest BCUT2D eigenvalue weighted by atomic mass is 9.74. The van der Waals surface area contributed by atoms with Gasteiger partial charge in [-0.15, -0.1) is 0 Å². The summed E-state index contributed by atoms with van der Waals surface area (Å²) in [6.07, 6.45) is 3.15. The van der Waals surface area contributed by atoms with Crippen LogP contribution < -0.4 is 0 Å². The minimum Gasteiger partial charge on any atom is -0.481 e. The molecule has 0 fully saturated rings. The van der Waals surface area contributed by atoms with Crippen molar-refractivity contribution >= 4 is 23.9 Å². The number of rotatable bonds is 17. The van der Waals surface area contributed by atoms with Crippen molar-refractivity contribution < 1.29 is 38.9 Å². The highest BCUT2D eigenvalue weighted by atomic mass is 16.5. The summed E-state index contributed by atoms with van der Waals surface area (Å²) in [4.78, 5) is 45.7. The highest BCUT2D eigenvalue weighted by Crippen LogP contribution is 2.37. The Morgan fingerprint density at radius 1 is 0.733 bits per heavy atom. The first-order valence-electron chi connectivity index (χ1n) is 10.1. The maximum Gasteiger partial charge on any atom is 0.333 e. The molecule has 0 aromatic carbocycles. The number of carbonyl (C=O) groups is 4. The average molecular weight is 427 g/mol. The lowest BCUT2D eigenvalue weighted by Gasteiger charge is -2.29. The van der Waals surface area contributed by atoms with E-state index >= 15 is 0 Å². The van der Waals surface area contributed by atoms with Gasteiger partial charge in [0.15, 0.2) is 0 Å². The van der Waals surface area contributed by atoms with Gasteiger partial charge in [-0.1, -0.05) is 13.2 Å². The summed E-state index contributed by atoms with van der Waals surface area (Å²) in [5, 5.41) is 18.8. The molecule has 0 aliphatic rings. The van der Waals surface area contributed by atoms with E-state index in [1.807, 2.05) is 0 Å². The van der Waals surface area contributed by atoms with Crippen LogP contribution in [0.15, 0.2) is 24.3 Å². The second-order valence-electron chi connectivity index (χ2n) is 7.58. The van der Waals surface area contributed by atoms with E-state index < -0.39 is 29.3 Å². The minimum atomic E-state index is -1.06. The van der Waals surface area contributed by atoms with Crippen LogP contribution in [0, 0.1) is 5.41 Å². The van der Waals surface area contributed by atoms with Crippen LogP contribution in [0.3, 0.4) is 0 Å². The van der Waals surface area contributed by atoms with Gasteiger partial charge >= 0.3 is 23.9 Å². The summed E-state index contributed by atoms with van der Waals surface area (Å²) >= 11 is 0. The van der Waals surface area contributed by atoms with Gasteiger partial charge in [-0.3, -0.25) is 9.59 Å². The average Bonchev–Trinajstić information content (AvgIpc) is 2.65.